The van der Waals surface area contributed by atoms with Crippen LogP contribution in [-0.2, 0) is 24.8 Å². The van der Waals surface area contributed by atoms with E-state index >= 15 is 0 Å². The molecule has 1 saturated heterocycles. The van der Waals surface area contributed by atoms with Gasteiger partial charge in [-0.15, -0.1) is 0 Å². The molecule has 0 unspecified atom stereocenters. The smallest absolute Gasteiger partial charge is 0.265 e. The molecule has 0 aromatic heterocycles. The highest BCUT2D eigenvalue weighted by molar-refractivity contribution is 7.93. The molecule has 30 heavy (non-hydrogen) atoms. The second-order valence-corrected chi connectivity index (χ2v) is 10.5. The monoisotopic (exact) mass is 453 g/mol. The van der Waals surface area contributed by atoms with Crippen molar-refractivity contribution in [1.29, 1.82) is 0 Å². The molecule has 162 valence electrons. The van der Waals surface area contributed by atoms with Crippen LogP contribution in [-0.4, -0.2) is 42.2 Å². The minimum Gasteiger partial charge on any atom is -0.495 e. The van der Waals surface area contributed by atoms with E-state index in [1.54, 1.807) is 12.1 Å². The van der Waals surface area contributed by atoms with Gasteiger partial charge in [-0.2, -0.15) is 0 Å². The van der Waals surface area contributed by atoms with E-state index in [2.05, 4.69) is 10.0 Å². The van der Waals surface area contributed by atoms with Gasteiger partial charge in [0.2, 0.25) is 15.9 Å². The molecule has 0 aliphatic carbocycles. The van der Waals surface area contributed by atoms with E-state index in [1.165, 1.54) is 48.7 Å². The number of hydrogen-bond acceptors (Lipinski definition) is 6. The third kappa shape index (κ3) is 4.85. The molecule has 1 heterocycles. The summed E-state index contributed by atoms with van der Waals surface area (Å²) in [4.78, 5) is 11.0. The van der Waals surface area contributed by atoms with Gasteiger partial charge in [0, 0.05) is 19.2 Å². The van der Waals surface area contributed by atoms with Gasteiger partial charge in [-0.3, -0.25) is 13.8 Å². The Balaban J connectivity index is 1.98. The van der Waals surface area contributed by atoms with Crippen molar-refractivity contribution in [2.45, 2.75) is 24.7 Å². The molecule has 2 N–H and O–H groups in total. The average molecular weight is 454 g/mol. The number of sulfonamides is 2. The van der Waals surface area contributed by atoms with Crippen molar-refractivity contribution in [3.8, 4) is 5.75 Å². The number of amides is 1. The molecule has 0 spiro atoms. The first-order valence-electron chi connectivity index (χ1n) is 9.21. The predicted molar refractivity (Wildman–Crippen MR) is 115 cm³/mol. The quantitative estimate of drug-likeness (QED) is 0.693. The van der Waals surface area contributed by atoms with Crippen LogP contribution in [0.1, 0.15) is 19.8 Å². The lowest BCUT2D eigenvalue weighted by Gasteiger charge is -2.28. The molecule has 0 atom stereocenters. The van der Waals surface area contributed by atoms with E-state index in [4.69, 9.17) is 4.74 Å². The summed E-state index contributed by atoms with van der Waals surface area (Å²) >= 11 is 0. The highest BCUT2D eigenvalue weighted by Crippen LogP contribution is 2.33. The van der Waals surface area contributed by atoms with Crippen LogP contribution in [0.25, 0.3) is 0 Å². The standard InChI is InChI=1S/C19H23N3O6S2/c1-14(23)20-15-6-5-7-16(12-15)21-30(26,27)19-13-17(8-9-18(19)28-2)22-10-3-4-11-29(22,24)25/h5-9,12-13,21H,3-4,10-11H2,1-2H3,(H,20,23). The van der Waals surface area contributed by atoms with Crippen LogP contribution in [0.3, 0.4) is 0 Å². The lowest BCUT2D eigenvalue weighted by Crippen LogP contribution is -2.37. The highest BCUT2D eigenvalue weighted by atomic mass is 32.2. The molecule has 1 aliphatic heterocycles. The largest absolute Gasteiger partial charge is 0.495 e. The minimum absolute atomic E-state index is 0.0231. The van der Waals surface area contributed by atoms with E-state index in [-0.39, 0.29) is 33.7 Å². The number of hydrogen-bond donors (Lipinski definition) is 2. The predicted octanol–water partition coefficient (Wildman–Crippen LogP) is 2.38. The summed E-state index contributed by atoms with van der Waals surface area (Å²) in [7, 11) is -6.27. The summed E-state index contributed by atoms with van der Waals surface area (Å²) in [6.45, 7) is 1.64. The molecule has 0 radical (unpaired) electrons. The van der Waals surface area contributed by atoms with Gasteiger partial charge in [0.05, 0.1) is 24.2 Å². The van der Waals surface area contributed by atoms with Gasteiger partial charge in [-0.1, -0.05) is 6.07 Å². The molecule has 1 amide bonds. The van der Waals surface area contributed by atoms with Gasteiger partial charge in [0.15, 0.2) is 0 Å². The van der Waals surface area contributed by atoms with Crippen LogP contribution in [0.2, 0.25) is 0 Å². The van der Waals surface area contributed by atoms with Crippen LogP contribution >= 0.6 is 0 Å². The fraction of sp³-hybridized carbons (Fsp3) is 0.316. The van der Waals surface area contributed by atoms with Gasteiger partial charge in [-0.25, -0.2) is 16.8 Å². The van der Waals surface area contributed by atoms with Crippen LogP contribution in [0.15, 0.2) is 47.4 Å². The maximum atomic E-state index is 13.1. The number of anilines is 3. The maximum absolute atomic E-state index is 13.1. The van der Waals surface area contributed by atoms with Gasteiger partial charge in [0.1, 0.15) is 10.6 Å². The summed E-state index contributed by atoms with van der Waals surface area (Å²) in [6.07, 6.45) is 1.27. The summed E-state index contributed by atoms with van der Waals surface area (Å²) in [5.74, 6) is -0.180. The van der Waals surface area contributed by atoms with Crippen molar-refractivity contribution < 1.29 is 26.4 Å². The number of benzene rings is 2. The number of methoxy groups -OCH3 is 1. The van der Waals surface area contributed by atoms with Crippen molar-refractivity contribution in [1.82, 2.24) is 0 Å². The number of carbonyl (C=O) groups is 1. The SMILES string of the molecule is COc1ccc(N2CCCCS2(=O)=O)cc1S(=O)(=O)Nc1cccc(NC(C)=O)c1. The lowest BCUT2D eigenvalue weighted by atomic mass is 10.2. The molecular weight excluding hydrogens is 430 g/mol. The van der Waals surface area contributed by atoms with Crippen molar-refractivity contribution in [3.63, 3.8) is 0 Å². The first kappa shape index (κ1) is 21.9. The molecule has 0 saturated carbocycles. The summed E-state index contributed by atoms with van der Waals surface area (Å²) in [5.41, 5.74) is 0.935. The van der Waals surface area contributed by atoms with E-state index in [0.29, 0.717) is 25.1 Å². The molecule has 11 heteroatoms. The molecule has 0 bridgehead atoms. The number of nitrogens with one attached hydrogen (secondary N) is 2. The Labute approximate surface area is 176 Å². The first-order valence-corrected chi connectivity index (χ1v) is 12.3. The molecule has 2 aromatic carbocycles. The van der Waals surface area contributed by atoms with E-state index in [9.17, 15) is 21.6 Å². The molecule has 9 nitrogen and oxygen atoms in total. The lowest BCUT2D eigenvalue weighted by molar-refractivity contribution is -0.114. The Morgan fingerprint density at radius 1 is 1.10 bits per heavy atom. The zero-order valence-electron chi connectivity index (χ0n) is 16.6. The molecular formula is C19H23N3O6S2. The third-order valence-corrected chi connectivity index (χ3v) is 7.78. The Bertz CT molecular complexity index is 1160. The van der Waals surface area contributed by atoms with Gasteiger partial charge >= 0.3 is 0 Å². The van der Waals surface area contributed by atoms with Crippen LogP contribution in [0, 0.1) is 0 Å². The molecule has 2 aromatic rings. The van der Waals surface area contributed by atoms with E-state index < -0.39 is 20.0 Å². The summed E-state index contributed by atoms with van der Waals surface area (Å²) < 4.78 is 59.8. The molecule has 1 fully saturated rings. The fourth-order valence-corrected chi connectivity index (χ4v) is 6.05. The van der Waals surface area contributed by atoms with Crippen molar-refractivity contribution in [2.24, 2.45) is 0 Å². The topological polar surface area (TPSA) is 122 Å². The third-order valence-electron chi connectivity index (χ3n) is 4.51. The Kier molecular flexibility index (Phi) is 6.22. The van der Waals surface area contributed by atoms with Crippen LogP contribution in [0.5, 0.6) is 5.75 Å². The van der Waals surface area contributed by atoms with Crippen molar-refractivity contribution in [3.05, 3.63) is 42.5 Å². The van der Waals surface area contributed by atoms with Crippen LogP contribution in [0.4, 0.5) is 17.1 Å². The van der Waals surface area contributed by atoms with E-state index in [0.717, 1.165) is 0 Å². The number of carbonyl (C=O) groups excluding carboxylic acids is 1. The Morgan fingerprint density at radius 2 is 1.83 bits per heavy atom. The van der Waals surface area contributed by atoms with Crippen molar-refractivity contribution >= 4 is 43.0 Å². The Morgan fingerprint density at radius 3 is 2.50 bits per heavy atom. The van der Waals surface area contributed by atoms with Crippen LogP contribution < -0.4 is 19.1 Å². The second kappa shape index (κ2) is 8.52. The summed E-state index contributed by atoms with van der Waals surface area (Å²) in [5, 5.41) is 2.58. The number of nitrogens with zero attached hydrogens (tertiary/aromatic N) is 1. The van der Waals surface area contributed by atoms with E-state index in [1.807, 2.05) is 0 Å². The highest BCUT2D eigenvalue weighted by Gasteiger charge is 2.28. The first-order chi connectivity index (χ1) is 14.1. The number of ether oxygens (including phenoxy) is 1. The minimum atomic E-state index is -4.11. The number of rotatable bonds is 6. The zero-order valence-corrected chi connectivity index (χ0v) is 18.2. The molecule has 3 rings (SSSR count). The van der Waals surface area contributed by atoms with Gasteiger partial charge in [0.25, 0.3) is 10.0 Å². The Hall–Kier alpha value is -2.79. The maximum Gasteiger partial charge on any atom is 0.265 e. The van der Waals surface area contributed by atoms with Crippen molar-refractivity contribution in [2.75, 3.05) is 33.8 Å². The van der Waals surface area contributed by atoms with Gasteiger partial charge in [-0.05, 0) is 49.2 Å². The summed E-state index contributed by atoms with van der Waals surface area (Å²) in [6, 6.07) is 10.5. The molecule has 1 aliphatic rings. The second-order valence-electron chi connectivity index (χ2n) is 6.80. The fourth-order valence-electron chi connectivity index (χ4n) is 3.18. The van der Waals surface area contributed by atoms with Gasteiger partial charge < -0.3 is 10.1 Å². The average Bonchev–Trinajstić information content (AvgIpc) is 2.66. The normalized spacial score (nSPS) is 16.0. The zero-order chi connectivity index (χ0) is 21.9.